The van der Waals surface area contributed by atoms with Crippen LogP contribution in [0.3, 0.4) is 0 Å². The number of aliphatic carboxylic acids is 1. The maximum absolute atomic E-state index is 11.9. The van der Waals surface area contributed by atoms with Gasteiger partial charge in [0.2, 0.25) is 0 Å². The molecule has 1 aromatic heterocycles. The van der Waals surface area contributed by atoms with Crippen LogP contribution in [0.15, 0.2) is 91.3 Å². The Balaban J connectivity index is 1.09. The number of carbonyl (C=O) groups is 1. The van der Waals surface area contributed by atoms with Crippen LogP contribution in [0.1, 0.15) is 53.1 Å². The van der Waals surface area contributed by atoms with Gasteiger partial charge >= 0.3 is 5.97 Å². The number of nitrogens with one attached hydrogen (secondary N) is 1. The number of ether oxygens (including phenoxy) is 3. The van der Waals surface area contributed by atoms with Crippen LogP contribution in [0.5, 0.6) is 17.2 Å². The molecular formula is C46H47ClN4O6. The zero-order valence-corrected chi connectivity index (χ0v) is 33.2. The first kappa shape index (κ1) is 39.8. The number of carboxylic acid groups (broad SMARTS) is 1. The van der Waals surface area contributed by atoms with Gasteiger partial charge in [-0.15, -0.1) is 0 Å². The van der Waals surface area contributed by atoms with E-state index in [9.17, 15) is 20.3 Å². The van der Waals surface area contributed by atoms with Crippen molar-refractivity contribution in [2.45, 2.75) is 65.0 Å². The third-order valence-corrected chi connectivity index (χ3v) is 11.7. The second-order valence-electron chi connectivity index (χ2n) is 15.2. The number of benzene rings is 4. The van der Waals surface area contributed by atoms with Crippen molar-refractivity contribution < 1.29 is 29.2 Å². The molecule has 2 atom stereocenters. The number of fused-ring (bicyclic) bond motifs is 3. The Hall–Kier alpha value is -5.44. The Labute approximate surface area is 338 Å². The van der Waals surface area contributed by atoms with E-state index in [1.54, 1.807) is 24.4 Å². The molecule has 3 aliphatic rings. The van der Waals surface area contributed by atoms with Crippen LogP contribution in [0.25, 0.3) is 22.3 Å². The second kappa shape index (κ2) is 17.4. The number of nitrogens with zero attached hydrogens (tertiary/aromatic N) is 3. The van der Waals surface area contributed by atoms with Gasteiger partial charge in [0, 0.05) is 42.7 Å². The third kappa shape index (κ3) is 8.93. The van der Waals surface area contributed by atoms with E-state index in [1.165, 1.54) is 44.6 Å². The molecule has 2 bridgehead atoms. The van der Waals surface area contributed by atoms with Crippen LogP contribution < -0.4 is 19.5 Å². The van der Waals surface area contributed by atoms with E-state index in [2.05, 4.69) is 83.6 Å². The van der Waals surface area contributed by atoms with Crippen molar-refractivity contribution in [1.29, 1.82) is 5.26 Å². The van der Waals surface area contributed by atoms with Crippen molar-refractivity contribution in [2.75, 3.05) is 26.2 Å². The molecule has 4 aromatic carbocycles. The minimum atomic E-state index is -1.59. The quantitative estimate of drug-likeness (QED) is 0.0955. The highest BCUT2D eigenvalue weighted by Crippen LogP contribution is 2.38. The molecule has 3 saturated heterocycles. The van der Waals surface area contributed by atoms with Gasteiger partial charge in [-0.3, -0.25) is 20.0 Å². The van der Waals surface area contributed by atoms with Crippen molar-refractivity contribution in [2.24, 2.45) is 5.92 Å². The zero-order chi connectivity index (χ0) is 40.1. The fourth-order valence-electron chi connectivity index (χ4n) is 7.70. The first-order valence-corrected chi connectivity index (χ1v) is 19.6. The van der Waals surface area contributed by atoms with Crippen LogP contribution in [0, 0.1) is 31.1 Å². The molecule has 0 aliphatic carbocycles. The maximum Gasteiger partial charge on any atom is 0.326 e. The van der Waals surface area contributed by atoms with E-state index in [4.69, 9.17) is 25.8 Å². The molecule has 11 heteroatoms. The largest absolute Gasteiger partial charge is 0.489 e. The molecule has 8 rings (SSSR count). The molecule has 0 spiro atoms. The lowest BCUT2D eigenvalue weighted by Gasteiger charge is -2.44. The minimum absolute atomic E-state index is 0.0341. The average molecular weight is 787 g/mol. The Morgan fingerprint density at radius 2 is 1.63 bits per heavy atom. The van der Waals surface area contributed by atoms with E-state index in [-0.39, 0.29) is 25.9 Å². The topological polar surface area (TPSA) is 137 Å². The highest BCUT2D eigenvalue weighted by atomic mass is 35.5. The van der Waals surface area contributed by atoms with Crippen LogP contribution in [0.4, 0.5) is 0 Å². The summed E-state index contributed by atoms with van der Waals surface area (Å²) >= 11 is 6.78. The first-order valence-electron chi connectivity index (χ1n) is 19.2. The van der Waals surface area contributed by atoms with E-state index >= 15 is 0 Å². The maximum atomic E-state index is 11.9. The number of halogens is 1. The average Bonchev–Trinajstić information content (AvgIpc) is 3.23. The van der Waals surface area contributed by atoms with Gasteiger partial charge < -0.3 is 24.4 Å². The Kier molecular flexibility index (Phi) is 12.1. The first-order chi connectivity index (χ1) is 27.5. The molecule has 3 aliphatic heterocycles. The van der Waals surface area contributed by atoms with Crippen molar-refractivity contribution in [3.63, 3.8) is 0 Å². The molecule has 10 nitrogen and oxygen atoms in total. The zero-order valence-electron chi connectivity index (χ0n) is 32.4. The number of aliphatic hydroxyl groups is 1. The van der Waals surface area contributed by atoms with E-state index in [0.717, 1.165) is 45.7 Å². The Morgan fingerprint density at radius 3 is 2.32 bits per heavy atom. The van der Waals surface area contributed by atoms with Gasteiger partial charge in [-0.1, -0.05) is 60.1 Å². The molecule has 0 radical (unpaired) electrons. The number of hydrogen-bond donors (Lipinski definition) is 3. The number of pyridine rings is 1. The van der Waals surface area contributed by atoms with Crippen molar-refractivity contribution in [3.05, 3.63) is 130 Å². The molecule has 5 aromatic rings. The van der Waals surface area contributed by atoms with Crippen LogP contribution in [-0.4, -0.2) is 64.0 Å². The molecule has 57 heavy (non-hydrogen) atoms. The summed E-state index contributed by atoms with van der Waals surface area (Å²) in [6, 6.07) is 28.2. The van der Waals surface area contributed by atoms with Gasteiger partial charge in [0.15, 0.2) is 0 Å². The number of aliphatic hydroxyl groups excluding tert-OH is 1. The summed E-state index contributed by atoms with van der Waals surface area (Å²) in [4.78, 5) is 18.5. The smallest absolute Gasteiger partial charge is 0.326 e. The SMILES string of the molecule is Cc1c(COc2cc(OCc3cncc(C#N)c3)c(CN[C@](C)(CO)C(=O)O)cc2Cl)cccc1-c1cccc(-c2ccc(OC3CN4CCC3CC4)cc2)c1C. The van der Waals surface area contributed by atoms with Gasteiger partial charge in [-0.25, -0.2) is 0 Å². The number of hydrogen-bond acceptors (Lipinski definition) is 9. The molecular weight excluding hydrogens is 740 g/mol. The monoisotopic (exact) mass is 786 g/mol. The minimum Gasteiger partial charge on any atom is -0.489 e. The van der Waals surface area contributed by atoms with Crippen LogP contribution in [-0.2, 0) is 24.6 Å². The fourth-order valence-corrected chi connectivity index (χ4v) is 7.94. The summed E-state index contributed by atoms with van der Waals surface area (Å²) < 4.78 is 19.0. The number of nitriles is 1. The fraction of sp³-hybridized carbons (Fsp3) is 0.326. The predicted octanol–water partition coefficient (Wildman–Crippen LogP) is 8.11. The molecule has 1 unspecified atom stereocenters. The summed E-state index contributed by atoms with van der Waals surface area (Å²) in [6.07, 6.45) is 5.79. The van der Waals surface area contributed by atoms with E-state index in [1.807, 2.05) is 12.1 Å². The van der Waals surface area contributed by atoms with E-state index in [0.29, 0.717) is 39.1 Å². The number of carboxylic acids is 1. The van der Waals surface area contributed by atoms with Crippen molar-refractivity contribution in [3.8, 4) is 45.6 Å². The lowest BCUT2D eigenvalue weighted by Crippen LogP contribution is -2.52. The number of piperidine rings is 3. The molecule has 0 saturated carbocycles. The van der Waals surface area contributed by atoms with Crippen molar-refractivity contribution in [1.82, 2.24) is 15.2 Å². The Bertz CT molecular complexity index is 2280. The standard InChI is InChI=1S/C46H47ClN4O6/c1-29-35(27-56-43-20-42(55-26-32-18-31(21-48)22-49-23-32)36(19-41(43)47)24-50-46(3,28-52)45(53)54)6-4-8-39(29)40-9-5-7-38(30(40)2)33-10-12-37(13-11-33)57-44-25-51-16-14-34(44)15-17-51/h4-13,18-20,22-23,34,44,50,52H,14-17,24-28H2,1-3H3,(H,53,54)/t44?,46-/m1/s1. The van der Waals surface area contributed by atoms with Gasteiger partial charge in [0.1, 0.15) is 48.2 Å². The van der Waals surface area contributed by atoms with E-state index < -0.39 is 18.1 Å². The molecule has 4 heterocycles. The lowest BCUT2D eigenvalue weighted by atomic mass is 9.86. The molecule has 0 amide bonds. The molecule has 3 N–H and O–H groups in total. The highest BCUT2D eigenvalue weighted by molar-refractivity contribution is 6.32. The summed E-state index contributed by atoms with van der Waals surface area (Å²) in [5.74, 6) is 1.15. The van der Waals surface area contributed by atoms with Gasteiger partial charge in [0.05, 0.1) is 17.2 Å². The number of rotatable bonds is 15. The summed E-state index contributed by atoms with van der Waals surface area (Å²) in [5, 5.41) is 32.0. The third-order valence-electron chi connectivity index (χ3n) is 11.4. The Morgan fingerprint density at radius 1 is 0.930 bits per heavy atom. The molecule has 3 fully saturated rings. The van der Waals surface area contributed by atoms with Crippen LogP contribution in [0.2, 0.25) is 5.02 Å². The summed E-state index contributed by atoms with van der Waals surface area (Å²) in [5.41, 5.74) is 7.82. The van der Waals surface area contributed by atoms with Crippen LogP contribution >= 0.6 is 11.6 Å². The second-order valence-corrected chi connectivity index (χ2v) is 15.6. The van der Waals surface area contributed by atoms with Crippen molar-refractivity contribution >= 4 is 17.6 Å². The number of aromatic nitrogens is 1. The van der Waals surface area contributed by atoms with Gasteiger partial charge in [0.25, 0.3) is 0 Å². The normalized spacial score (nSPS) is 18.4. The molecule has 294 valence electrons. The van der Waals surface area contributed by atoms with Gasteiger partial charge in [-0.05, 0) is 116 Å². The summed E-state index contributed by atoms with van der Waals surface area (Å²) in [6.45, 7) is 8.78. The highest BCUT2D eigenvalue weighted by Gasteiger charge is 2.35. The van der Waals surface area contributed by atoms with Gasteiger partial charge in [-0.2, -0.15) is 5.26 Å². The lowest BCUT2D eigenvalue weighted by molar-refractivity contribution is -0.145. The summed E-state index contributed by atoms with van der Waals surface area (Å²) in [7, 11) is 0. The predicted molar refractivity (Wildman–Crippen MR) is 219 cm³/mol.